The van der Waals surface area contributed by atoms with Crippen LogP contribution in [0.1, 0.15) is 31.4 Å². The second-order valence-corrected chi connectivity index (χ2v) is 12.0. The molecule has 0 heterocycles. The summed E-state index contributed by atoms with van der Waals surface area (Å²) in [6.45, 7) is 4.31. The maximum Gasteiger partial charge on any atom is 0.0540 e. The highest BCUT2D eigenvalue weighted by atomic mass is 15.1. The molecule has 0 atom stereocenters. The predicted molar refractivity (Wildman–Crippen MR) is 213 cm³/mol. The van der Waals surface area contributed by atoms with Gasteiger partial charge in [-0.3, -0.25) is 0 Å². The highest BCUT2D eigenvalue weighted by Crippen LogP contribution is 2.39. The first kappa shape index (κ1) is 31.5. The van der Waals surface area contributed by atoms with Crippen molar-refractivity contribution in [3.05, 3.63) is 191 Å². The van der Waals surface area contributed by atoms with Crippen LogP contribution in [0.5, 0.6) is 0 Å². The fourth-order valence-corrected chi connectivity index (χ4v) is 6.55. The Kier molecular flexibility index (Phi) is 9.48. The van der Waals surface area contributed by atoms with Gasteiger partial charge in [-0.15, -0.1) is 0 Å². The third kappa shape index (κ3) is 6.81. The van der Waals surface area contributed by atoms with Crippen molar-refractivity contribution in [1.82, 2.24) is 0 Å². The van der Waals surface area contributed by atoms with Crippen LogP contribution >= 0.6 is 0 Å². The van der Waals surface area contributed by atoms with Crippen molar-refractivity contribution < 1.29 is 0 Å². The molecule has 0 bridgehead atoms. The van der Waals surface area contributed by atoms with E-state index in [0.29, 0.717) is 0 Å². The minimum Gasteiger partial charge on any atom is -0.310 e. The monoisotopic (exact) mass is 632 g/mol. The summed E-state index contributed by atoms with van der Waals surface area (Å²) >= 11 is 0. The van der Waals surface area contributed by atoms with Crippen molar-refractivity contribution in [2.75, 3.05) is 9.80 Å². The summed E-state index contributed by atoms with van der Waals surface area (Å²) < 4.78 is 0. The van der Waals surface area contributed by atoms with Crippen LogP contribution in [0.3, 0.4) is 0 Å². The number of para-hydroxylation sites is 2. The summed E-state index contributed by atoms with van der Waals surface area (Å²) in [5, 5.41) is 4.96. The zero-order valence-corrected chi connectivity index (χ0v) is 28.1. The van der Waals surface area contributed by atoms with Crippen LogP contribution in [0.4, 0.5) is 34.1 Å². The molecule has 2 heteroatoms. The Balaban J connectivity index is 1.18. The van der Waals surface area contributed by atoms with Crippen molar-refractivity contribution in [3.63, 3.8) is 0 Å². The quantitative estimate of drug-likeness (QED) is 0.146. The minimum absolute atomic E-state index is 0.995. The maximum atomic E-state index is 2.35. The Hall–Kier alpha value is -6.12. The molecular formula is C47H40N2. The summed E-state index contributed by atoms with van der Waals surface area (Å²) in [6, 6.07) is 60.5. The van der Waals surface area contributed by atoms with Crippen molar-refractivity contribution in [2.45, 2.75) is 20.3 Å². The van der Waals surface area contributed by atoms with Crippen LogP contribution in [-0.2, 0) is 0 Å². The number of hydrogen-bond acceptors (Lipinski definition) is 2. The summed E-state index contributed by atoms with van der Waals surface area (Å²) in [4.78, 5) is 4.69. The van der Waals surface area contributed by atoms with Gasteiger partial charge < -0.3 is 9.80 Å². The smallest absolute Gasteiger partial charge is 0.0540 e. The molecule has 0 aliphatic carbocycles. The van der Waals surface area contributed by atoms with Gasteiger partial charge in [-0.1, -0.05) is 140 Å². The summed E-state index contributed by atoms with van der Waals surface area (Å²) in [7, 11) is 0. The number of benzene rings is 7. The number of hydrogen-bond donors (Lipinski definition) is 0. The van der Waals surface area contributed by atoms with Crippen molar-refractivity contribution in [2.24, 2.45) is 0 Å². The summed E-state index contributed by atoms with van der Waals surface area (Å²) in [6.07, 6.45) is 9.89. The molecule has 0 saturated heterocycles. The standard InChI is InChI=1S/C47H40N2/c1-3-15-38-17-13-24-46(44(38)4-2)48(40-19-7-5-8-20-40)42-32-28-36(29-33-42)26-27-37-30-34-43(35-31-37)49(41-21-9-6-10-22-41)47-25-14-18-39-16-11-12-23-45(39)47/h4-35H,3H2,1-2H3/b27-26+,38-15-,44-4+. The largest absolute Gasteiger partial charge is 0.310 e. The average molecular weight is 633 g/mol. The number of fused-ring (bicyclic) bond motifs is 1. The number of anilines is 6. The van der Waals surface area contributed by atoms with Crippen molar-refractivity contribution in [3.8, 4) is 0 Å². The van der Waals surface area contributed by atoms with Gasteiger partial charge in [0.1, 0.15) is 0 Å². The second-order valence-electron chi connectivity index (χ2n) is 12.0. The van der Waals surface area contributed by atoms with E-state index in [2.05, 4.69) is 218 Å². The molecule has 0 N–H and O–H groups in total. The van der Waals surface area contributed by atoms with Crippen molar-refractivity contribution in [1.29, 1.82) is 0 Å². The molecule has 0 radical (unpaired) electrons. The van der Waals surface area contributed by atoms with Gasteiger partial charge in [0.2, 0.25) is 0 Å². The fourth-order valence-electron chi connectivity index (χ4n) is 6.55. The molecule has 7 aromatic carbocycles. The highest BCUT2D eigenvalue weighted by Gasteiger charge is 2.15. The Labute approximate surface area is 289 Å². The topological polar surface area (TPSA) is 6.48 Å². The van der Waals surface area contributed by atoms with Crippen LogP contribution in [0.25, 0.3) is 35.1 Å². The molecule has 2 nitrogen and oxygen atoms in total. The van der Waals surface area contributed by atoms with E-state index >= 15 is 0 Å². The van der Waals surface area contributed by atoms with Gasteiger partial charge in [0.15, 0.2) is 0 Å². The normalized spacial score (nSPS) is 12.1. The lowest BCUT2D eigenvalue weighted by atomic mass is 10.1. The molecule has 0 aromatic heterocycles. The van der Waals surface area contributed by atoms with Gasteiger partial charge in [0.25, 0.3) is 0 Å². The molecule has 0 fully saturated rings. The number of rotatable bonds is 9. The van der Waals surface area contributed by atoms with Crippen LogP contribution in [0.15, 0.2) is 170 Å². The summed E-state index contributed by atoms with van der Waals surface area (Å²) in [5.74, 6) is 0. The molecule has 0 unspecified atom stereocenters. The van der Waals surface area contributed by atoms with E-state index in [1.165, 1.54) is 26.9 Å². The fraction of sp³-hybridized carbons (Fsp3) is 0.0638. The lowest BCUT2D eigenvalue weighted by Gasteiger charge is -2.27. The van der Waals surface area contributed by atoms with Gasteiger partial charge in [-0.25, -0.2) is 0 Å². The zero-order chi connectivity index (χ0) is 33.4. The Morgan fingerprint density at radius 2 is 0.918 bits per heavy atom. The van der Waals surface area contributed by atoms with E-state index in [1.807, 2.05) is 0 Å². The van der Waals surface area contributed by atoms with Gasteiger partial charge in [0.05, 0.1) is 11.4 Å². The van der Waals surface area contributed by atoms with E-state index in [0.717, 1.165) is 46.0 Å². The first-order chi connectivity index (χ1) is 24.2. The Bertz CT molecular complexity index is 2300. The average Bonchev–Trinajstić information content (AvgIpc) is 3.16. The first-order valence-corrected chi connectivity index (χ1v) is 17.1. The predicted octanol–water partition coefficient (Wildman–Crippen LogP) is 11.9. The molecule has 7 rings (SSSR count). The first-order valence-electron chi connectivity index (χ1n) is 17.1. The molecule has 238 valence electrons. The lowest BCUT2D eigenvalue weighted by molar-refractivity contribution is 1.24. The van der Waals surface area contributed by atoms with Crippen LogP contribution < -0.4 is 20.2 Å². The summed E-state index contributed by atoms with van der Waals surface area (Å²) in [5.41, 5.74) is 9.15. The van der Waals surface area contributed by atoms with Crippen LogP contribution in [-0.4, -0.2) is 0 Å². The van der Waals surface area contributed by atoms with Gasteiger partial charge in [0, 0.05) is 33.4 Å². The third-order valence-corrected chi connectivity index (χ3v) is 8.88. The molecule has 49 heavy (non-hydrogen) atoms. The number of nitrogens with zero attached hydrogens (tertiary/aromatic N) is 2. The zero-order valence-electron chi connectivity index (χ0n) is 28.1. The molecule has 0 amide bonds. The molecule has 7 aromatic rings. The maximum absolute atomic E-state index is 2.35. The van der Waals surface area contributed by atoms with Gasteiger partial charge in [-0.2, -0.15) is 0 Å². The third-order valence-electron chi connectivity index (χ3n) is 8.88. The van der Waals surface area contributed by atoms with E-state index in [1.54, 1.807) is 0 Å². The van der Waals surface area contributed by atoms with E-state index in [4.69, 9.17) is 0 Å². The Morgan fingerprint density at radius 1 is 0.449 bits per heavy atom. The molecule has 0 aliphatic heterocycles. The molecule has 0 aliphatic rings. The van der Waals surface area contributed by atoms with Gasteiger partial charge in [-0.05, 0) is 95.7 Å². The van der Waals surface area contributed by atoms with E-state index < -0.39 is 0 Å². The second kappa shape index (κ2) is 14.8. The lowest BCUT2D eigenvalue weighted by Crippen LogP contribution is -2.30. The van der Waals surface area contributed by atoms with Gasteiger partial charge >= 0.3 is 0 Å². The van der Waals surface area contributed by atoms with E-state index in [9.17, 15) is 0 Å². The van der Waals surface area contributed by atoms with E-state index in [-0.39, 0.29) is 0 Å². The molecule has 0 spiro atoms. The minimum atomic E-state index is 0.995. The van der Waals surface area contributed by atoms with Crippen LogP contribution in [0, 0.1) is 0 Å². The molecule has 0 saturated carbocycles. The Morgan fingerprint density at radius 3 is 1.49 bits per heavy atom. The highest BCUT2D eigenvalue weighted by molar-refractivity contribution is 5.99. The van der Waals surface area contributed by atoms with Crippen molar-refractivity contribution >= 4 is 69.2 Å². The molecular weight excluding hydrogens is 593 g/mol. The van der Waals surface area contributed by atoms with Crippen LogP contribution in [0.2, 0.25) is 0 Å². The SMILES string of the molecule is C/C=c1/c(N(c2ccccc2)c2ccc(/C=C/c3ccc(N(c4ccccc4)c4cccc5ccccc45)cc3)cc2)ccc/c1=C/CC.